The van der Waals surface area contributed by atoms with Crippen molar-refractivity contribution in [2.45, 2.75) is 56.3 Å². The zero-order valence-corrected chi connectivity index (χ0v) is 25.5. The van der Waals surface area contributed by atoms with Crippen molar-refractivity contribution in [1.82, 2.24) is 15.5 Å². The first-order valence-corrected chi connectivity index (χ1v) is 15.4. The Kier molecular flexibility index (Phi) is 10.3. The van der Waals surface area contributed by atoms with Crippen LogP contribution < -0.4 is 22.1 Å². The highest BCUT2D eigenvalue weighted by atomic mass is 16.3. The number of hydrogen-bond acceptors (Lipinski definition) is 6. The number of rotatable bonds is 12. The van der Waals surface area contributed by atoms with Gasteiger partial charge in [0.1, 0.15) is 23.9 Å². The highest BCUT2D eigenvalue weighted by Crippen LogP contribution is 2.22. The van der Waals surface area contributed by atoms with E-state index >= 15 is 0 Å². The third-order valence-corrected chi connectivity index (χ3v) is 8.43. The second kappa shape index (κ2) is 14.7. The molecular formula is C36H39N5O5. The van der Waals surface area contributed by atoms with E-state index in [0.717, 1.165) is 27.5 Å². The molecule has 1 saturated heterocycles. The Morgan fingerprint density at radius 3 is 2.20 bits per heavy atom. The Morgan fingerprint density at radius 1 is 0.783 bits per heavy atom. The Morgan fingerprint density at radius 2 is 1.46 bits per heavy atom. The number of hydrogen-bond donors (Lipinski definition) is 5. The lowest BCUT2D eigenvalue weighted by Gasteiger charge is -2.29. The van der Waals surface area contributed by atoms with Gasteiger partial charge in [-0.05, 0) is 58.9 Å². The minimum Gasteiger partial charge on any atom is -0.508 e. The molecule has 0 bridgehead atoms. The van der Waals surface area contributed by atoms with Crippen LogP contribution in [0.1, 0.15) is 29.5 Å². The molecule has 46 heavy (non-hydrogen) atoms. The van der Waals surface area contributed by atoms with E-state index in [1.165, 1.54) is 17.0 Å². The summed E-state index contributed by atoms with van der Waals surface area (Å²) in [5.41, 5.74) is 14.5. The first kappa shape index (κ1) is 32.2. The van der Waals surface area contributed by atoms with Crippen molar-refractivity contribution in [3.63, 3.8) is 0 Å². The fraction of sp³-hybridized carbons (Fsp3) is 0.278. The second-order valence-electron chi connectivity index (χ2n) is 11.7. The highest BCUT2D eigenvalue weighted by Gasteiger charge is 2.38. The van der Waals surface area contributed by atoms with Gasteiger partial charge < -0.3 is 32.1 Å². The summed E-state index contributed by atoms with van der Waals surface area (Å²) < 4.78 is 0. The van der Waals surface area contributed by atoms with Gasteiger partial charge in [0, 0.05) is 19.4 Å². The Balaban J connectivity index is 1.31. The van der Waals surface area contributed by atoms with Crippen LogP contribution in [0.2, 0.25) is 0 Å². The third kappa shape index (κ3) is 7.89. The number of carbonyl (C=O) groups excluding carboxylic acids is 4. The molecule has 0 spiro atoms. The fourth-order valence-electron chi connectivity index (χ4n) is 6.00. The van der Waals surface area contributed by atoms with Crippen LogP contribution in [0.15, 0.2) is 97.1 Å². The van der Waals surface area contributed by atoms with Gasteiger partial charge in [0.05, 0.1) is 6.04 Å². The molecule has 0 radical (unpaired) electrons. The molecule has 7 N–H and O–H groups in total. The number of phenolic OH excluding ortho intramolecular Hbond substituents is 1. The number of aromatic hydroxyl groups is 1. The van der Waals surface area contributed by atoms with Crippen molar-refractivity contribution < 1.29 is 24.3 Å². The minimum atomic E-state index is -1.03. The molecule has 0 saturated carbocycles. The average Bonchev–Trinajstić information content (AvgIpc) is 3.55. The molecule has 4 atom stereocenters. The van der Waals surface area contributed by atoms with E-state index < -0.39 is 41.9 Å². The molecule has 4 aromatic carbocycles. The molecule has 238 valence electrons. The molecule has 0 aromatic heterocycles. The van der Waals surface area contributed by atoms with Gasteiger partial charge in [0.2, 0.25) is 23.6 Å². The number of amides is 4. The van der Waals surface area contributed by atoms with Gasteiger partial charge >= 0.3 is 0 Å². The summed E-state index contributed by atoms with van der Waals surface area (Å²) in [7, 11) is 0. The third-order valence-electron chi connectivity index (χ3n) is 8.43. The van der Waals surface area contributed by atoms with Gasteiger partial charge in [0.15, 0.2) is 0 Å². The summed E-state index contributed by atoms with van der Waals surface area (Å²) in [5.74, 6) is -1.96. The van der Waals surface area contributed by atoms with E-state index in [4.69, 9.17) is 11.5 Å². The van der Waals surface area contributed by atoms with Crippen LogP contribution in [-0.2, 0) is 38.4 Å². The summed E-state index contributed by atoms with van der Waals surface area (Å²) in [6, 6.07) is 25.5. The average molecular weight is 622 g/mol. The lowest BCUT2D eigenvalue weighted by Crippen LogP contribution is -2.58. The molecule has 1 heterocycles. The van der Waals surface area contributed by atoms with E-state index in [0.29, 0.717) is 19.4 Å². The zero-order valence-electron chi connectivity index (χ0n) is 25.5. The topological polar surface area (TPSA) is 168 Å². The summed E-state index contributed by atoms with van der Waals surface area (Å²) in [5, 5.41) is 17.1. The normalized spacial score (nSPS) is 16.4. The van der Waals surface area contributed by atoms with Gasteiger partial charge in [-0.25, -0.2) is 0 Å². The van der Waals surface area contributed by atoms with Crippen LogP contribution in [0.5, 0.6) is 5.75 Å². The van der Waals surface area contributed by atoms with Crippen molar-refractivity contribution in [2.75, 3.05) is 6.54 Å². The second-order valence-corrected chi connectivity index (χ2v) is 11.7. The molecule has 4 aromatic rings. The molecule has 1 aliphatic heterocycles. The van der Waals surface area contributed by atoms with Crippen molar-refractivity contribution in [3.8, 4) is 5.75 Å². The van der Waals surface area contributed by atoms with Crippen LogP contribution in [0.3, 0.4) is 0 Å². The molecule has 5 rings (SSSR count). The summed E-state index contributed by atoms with van der Waals surface area (Å²) >= 11 is 0. The smallest absolute Gasteiger partial charge is 0.243 e. The number of phenols is 1. The summed E-state index contributed by atoms with van der Waals surface area (Å²) in [4.78, 5) is 54.9. The van der Waals surface area contributed by atoms with Crippen molar-refractivity contribution >= 4 is 34.4 Å². The largest absolute Gasteiger partial charge is 0.508 e. The molecule has 0 aliphatic carbocycles. The fourth-order valence-corrected chi connectivity index (χ4v) is 6.00. The lowest BCUT2D eigenvalue weighted by molar-refractivity contribution is -0.140. The van der Waals surface area contributed by atoms with E-state index in [-0.39, 0.29) is 30.9 Å². The van der Waals surface area contributed by atoms with E-state index in [9.17, 15) is 24.3 Å². The molecular weight excluding hydrogens is 582 g/mol. The lowest BCUT2D eigenvalue weighted by atomic mass is 9.98. The van der Waals surface area contributed by atoms with Crippen molar-refractivity contribution in [1.29, 1.82) is 0 Å². The first-order chi connectivity index (χ1) is 22.2. The van der Waals surface area contributed by atoms with Gasteiger partial charge in [-0.3, -0.25) is 19.2 Å². The first-order valence-electron chi connectivity index (χ1n) is 15.4. The molecule has 10 heteroatoms. The van der Waals surface area contributed by atoms with Crippen LogP contribution in [-0.4, -0.2) is 64.3 Å². The summed E-state index contributed by atoms with van der Waals surface area (Å²) in [6.45, 7) is 0.366. The van der Waals surface area contributed by atoms with E-state index in [2.05, 4.69) is 10.6 Å². The quantitative estimate of drug-likeness (QED) is 0.163. The molecule has 1 fully saturated rings. The van der Waals surface area contributed by atoms with Crippen LogP contribution in [0, 0.1) is 0 Å². The predicted molar refractivity (Wildman–Crippen MR) is 175 cm³/mol. The number of primary amides is 1. The number of carbonyl (C=O) groups is 4. The molecule has 0 unspecified atom stereocenters. The van der Waals surface area contributed by atoms with Crippen molar-refractivity contribution in [3.05, 3.63) is 114 Å². The maximum Gasteiger partial charge on any atom is 0.243 e. The van der Waals surface area contributed by atoms with Crippen LogP contribution >= 0.6 is 0 Å². The number of likely N-dealkylation sites (tertiary alicyclic amines) is 1. The van der Waals surface area contributed by atoms with E-state index in [1.807, 2.05) is 72.8 Å². The number of fused-ring (bicyclic) bond motifs is 1. The van der Waals surface area contributed by atoms with Gasteiger partial charge in [-0.2, -0.15) is 0 Å². The number of nitrogens with zero attached hydrogens (tertiary/aromatic N) is 1. The maximum atomic E-state index is 13.8. The molecule has 10 nitrogen and oxygen atoms in total. The number of benzene rings is 4. The molecule has 1 aliphatic rings. The predicted octanol–water partition coefficient (Wildman–Crippen LogP) is 2.35. The minimum absolute atomic E-state index is 0.115. The standard InChI is InChI=1S/C36H39N5O5/c37-29(20-24-15-17-27(42)18-16-24)36(46)41-19-7-14-32(41)35(45)40-31(21-23-8-2-1-3-9-23)34(44)39-30(33(38)43)22-26-12-6-11-25-10-4-5-13-28(25)26/h1-6,8-13,15-18,29-32,42H,7,14,19-22,37H2,(H2,38,43)(H,39,44)(H,40,45)/t29-,30-,31-,32-/m0/s1. The number of nitrogens with one attached hydrogen (secondary N) is 2. The van der Waals surface area contributed by atoms with Gasteiger partial charge in [-0.15, -0.1) is 0 Å². The maximum absolute atomic E-state index is 13.8. The highest BCUT2D eigenvalue weighted by molar-refractivity contribution is 5.95. The Labute approximate surface area is 267 Å². The zero-order chi connectivity index (χ0) is 32.6. The number of nitrogens with two attached hydrogens (primary N) is 2. The van der Waals surface area contributed by atoms with Crippen LogP contribution in [0.25, 0.3) is 10.8 Å². The van der Waals surface area contributed by atoms with Gasteiger partial charge in [-0.1, -0.05) is 84.9 Å². The monoisotopic (exact) mass is 621 g/mol. The van der Waals surface area contributed by atoms with Gasteiger partial charge in [0.25, 0.3) is 0 Å². The Hall–Kier alpha value is -5.22. The molecule has 4 amide bonds. The van der Waals surface area contributed by atoms with E-state index in [1.54, 1.807) is 12.1 Å². The SMILES string of the molecule is NC(=O)[C@H](Cc1cccc2ccccc12)NC(=O)[C@H](Cc1ccccc1)NC(=O)[C@@H]1CCCN1C(=O)[C@@H](N)Cc1ccc(O)cc1. The summed E-state index contributed by atoms with van der Waals surface area (Å²) in [6.07, 6.45) is 1.62. The van der Waals surface area contributed by atoms with Crippen molar-refractivity contribution in [2.24, 2.45) is 11.5 Å². The Bertz CT molecular complexity index is 1690. The van der Waals surface area contributed by atoms with Crippen LogP contribution in [0.4, 0.5) is 0 Å².